The molecule has 134 valence electrons. The van der Waals surface area contributed by atoms with Gasteiger partial charge in [0.25, 0.3) is 5.91 Å². The van der Waals surface area contributed by atoms with E-state index in [1.54, 1.807) is 48.5 Å². The van der Waals surface area contributed by atoms with Gasteiger partial charge in [0.1, 0.15) is 17.9 Å². The van der Waals surface area contributed by atoms with Crippen LogP contribution in [0.4, 0.5) is 11.4 Å². The number of aromatic nitrogens is 2. The molecule has 0 saturated carbocycles. The molecule has 6 N–H and O–H groups in total. The van der Waals surface area contributed by atoms with E-state index in [9.17, 15) is 15.0 Å². The zero-order valence-electron chi connectivity index (χ0n) is 13.7. The van der Waals surface area contributed by atoms with Gasteiger partial charge in [0, 0.05) is 0 Å². The first kappa shape index (κ1) is 17.7. The summed E-state index contributed by atoms with van der Waals surface area (Å²) >= 11 is 0. The first-order valence-electron chi connectivity index (χ1n) is 7.90. The van der Waals surface area contributed by atoms with Crippen molar-refractivity contribution in [3.63, 3.8) is 0 Å². The molecule has 0 spiro atoms. The molecule has 1 heterocycles. The Morgan fingerprint density at radius 3 is 2.31 bits per heavy atom. The Morgan fingerprint density at radius 1 is 1.04 bits per heavy atom. The van der Waals surface area contributed by atoms with Gasteiger partial charge in [0.15, 0.2) is 5.69 Å². The Kier molecular flexibility index (Phi) is 5.08. The van der Waals surface area contributed by atoms with Crippen LogP contribution >= 0.6 is 0 Å². The molecule has 0 aliphatic carbocycles. The number of aliphatic hydroxyl groups is 3. The number of fused-ring (bicyclic) bond motifs is 1. The molecule has 0 bridgehead atoms. The van der Waals surface area contributed by atoms with Crippen LogP contribution in [0.5, 0.6) is 0 Å². The fourth-order valence-corrected chi connectivity index (χ4v) is 2.46. The number of nitrogen functional groups attached to an aromatic ring is 1. The molecule has 2 atom stereocenters. The van der Waals surface area contributed by atoms with Crippen LogP contribution in [0.15, 0.2) is 48.5 Å². The molecule has 8 heteroatoms. The van der Waals surface area contributed by atoms with Crippen molar-refractivity contribution in [2.24, 2.45) is 0 Å². The highest BCUT2D eigenvalue weighted by Crippen LogP contribution is 2.24. The van der Waals surface area contributed by atoms with E-state index in [1.807, 2.05) is 0 Å². The molecule has 1 aromatic heterocycles. The number of carbonyl (C=O) groups is 1. The summed E-state index contributed by atoms with van der Waals surface area (Å²) in [6.45, 7) is -0.692. The molecular formula is C18H18N4O4. The number of para-hydroxylation sites is 4. The molecule has 0 radical (unpaired) electrons. The second kappa shape index (κ2) is 7.44. The van der Waals surface area contributed by atoms with Crippen molar-refractivity contribution < 1.29 is 20.1 Å². The lowest BCUT2D eigenvalue weighted by Crippen LogP contribution is -2.27. The van der Waals surface area contributed by atoms with Crippen LogP contribution in [0.2, 0.25) is 0 Å². The predicted octanol–water partition coefficient (Wildman–Crippen LogP) is 0.851. The van der Waals surface area contributed by atoms with Crippen molar-refractivity contribution in [2.75, 3.05) is 17.7 Å². The fourth-order valence-electron chi connectivity index (χ4n) is 2.46. The van der Waals surface area contributed by atoms with E-state index in [-0.39, 0.29) is 11.4 Å². The number of hydrogen-bond donors (Lipinski definition) is 5. The molecule has 1 amide bonds. The van der Waals surface area contributed by atoms with Crippen LogP contribution < -0.4 is 11.1 Å². The minimum absolute atomic E-state index is 0.128. The van der Waals surface area contributed by atoms with E-state index in [0.717, 1.165) is 0 Å². The minimum atomic E-state index is -1.58. The number of rotatable bonds is 5. The normalized spacial score (nSPS) is 13.3. The maximum Gasteiger partial charge on any atom is 0.276 e. The van der Waals surface area contributed by atoms with E-state index in [2.05, 4.69) is 15.3 Å². The number of anilines is 2. The first-order valence-corrected chi connectivity index (χ1v) is 7.90. The Bertz CT molecular complexity index is 947. The number of nitrogens with one attached hydrogen (secondary N) is 1. The smallest absolute Gasteiger partial charge is 0.276 e. The number of benzene rings is 2. The zero-order chi connectivity index (χ0) is 18.7. The van der Waals surface area contributed by atoms with Crippen LogP contribution in [0.25, 0.3) is 11.0 Å². The highest BCUT2D eigenvalue weighted by Gasteiger charge is 2.27. The molecule has 2 aromatic carbocycles. The summed E-state index contributed by atoms with van der Waals surface area (Å²) in [5.41, 5.74) is 7.20. The number of aliphatic hydroxyl groups excluding tert-OH is 3. The summed E-state index contributed by atoms with van der Waals surface area (Å²) in [6, 6.07) is 13.5. The quantitative estimate of drug-likeness (QED) is 0.428. The summed E-state index contributed by atoms with van der Waals surface area (Å²) in [7, 11) is 0. The first-order chi connectivity index (χ1) is 12.5. The van der Waals surface area contributed by atoms with Crippen molar-refractivity contribution in [3.05, 3.63) is 59.9 Å². The van der Waals surface area contributed by atoms with Crippen molar-refractivity contribution in [2.45, 2.75) is 12.2 Å². The average Bonchev–Trinajstić information content (AvgIpc) is 2.67. The Morgan fingerprint density at radius 2 is 1.65 bits per heavy atom. The zero-order valence-corrected chi connectivity index (χ0v) is 13.7. The standard InChI is InChI=1S/C18H18N4O4/c19-10-5-1-2-6-11(10)22-18(26)16-15(17(25)14(24)9-23)20-12-7-3-4-8-13(12)21-16/h1-8,14,17,23-25H,9,19H2,(H,22,26)/t14-,17-/m0/s1. The van der Waals surface area contributed by atoms with E-state index >= 15 is 0 Å². The van der Waals surface area contributed by atoms with Gasteiger partial charge < -0.3 is 26.4 Å². The number of hydrogen-bond acceptors (Lipinski definition) is 7. The van der Waals surface area contributed by atoms with E-state index < -0.39 is 24.7 Å². The predicted molar refractivity (Wildman–Crippen MR) is 96.4 cm³/mol. The highest BCUT2D eigenvalue weighted by atomic mass is 16.4. The minimum Gasteiger partial charge on any atom is -0.397 e. The monoisotopic (exact) mass is 354 g/mol. The van der Waals surface area contributed by atoms with Crippen molar-refractivity contribution in [3.8, 4) is 0 Å². The van der Waals surface area contributed by atoms with Gasteiger partial charge in [0.05, 0.1) is 29.0 Å². The number of nitrogens with zero attached hydrogens (tertiary/aromatic N) is 2. The van der Waals surface area contributed by atoms with Crippen LogP contribution in [0.1, 0.15) is 22.3 Å². The summed E-state index contributed by atoms with van der Waals surface area (Å²) in [5.74, 6) is -0.639. The van der Waals surface area contributed by atoms with E-state index in [1.165, 1.54) is 0 Å². The molecule has 8 nitrogen and oxygen atoms in total. The van der Waals surface area contributed by atoms with Crippen LogP contribution in [0, 0.1) is 0 Å². The van der Waals surface area contributed by atoms with Gasteiger partial charge in [-0.25, -0.2) is 9.97 Å². The third kappa shape index (κ3) is 3.47. The Labute approximate surface area is 149 Å². The van der Waals surface area contributed by atoms with Gasteiger partial charge in [-0.2, -0.15) is 0 Å². The molecule has 26 heavy (non-hydrogen) atoms. The van der Waals surface area contributed by atoms with Crippen molar-refractivity contribution in [1.82, 2.24) is 9.97 Å². The number of amides is 1. The maximum atomic E-state index is 12.7. The van der Waals surface area contributed by atoms with Gasteiger partial charge in [0.2, 0.25) is 0 Å². The summed E-state index contributed by atoms with van der Waals surface area (Å²) in [6.07, 6.45) is -3.08. The third-order valence-corrected chi connectivity index (χ3v) is 3.85. The van der Waals surface area contributed by atoms with Crippen LogP contribution in [0.3, 0.4) is 0 Å². The van der Waals surface area contributed by atoms with E-state index in [0.29, 0.717) is 22.4 Å². The lowest BCUT2D eigenvalue weighted by molar-refractivity contribution is -0.0176. The Balaban J connectivity index is 2.07. The molecule has 3 aromatic rings. The van der Waals surface area contributed by atoms with Gasteiger partial charge in [-0.05, 0) is 24.3 Å². The fraction of sp³-hybridized carbons (Fsp3) is 0.167. The average molecular weight is 354 g/mol. The van der Waals surface area contributed by atoms with Gasteiger partial charge in [-0.1, -0.05) is 24.3 Å². The number of carbonyl (C=O) groups excluding carboxylic acids is 1. The lowest BCUT2D eigenvalue weighted by Gasteiger charge is -2.18. The van der Waals surface area contributed by atoms with Gasteiger partial charge in [-0.15, -0.1) is 0 Å². The van der Waals surface area contributed by atoms with Crippen LogP contribution in [-0.2, 0) is 0 Å². The number of nitrogens with two attached hydrogens (primary N) is 1. The Hall–Kier alpha value is -3.07. The summed E-state index contributed by atoms with van der Waals surface area (Å²) in [5, 5.41) is 31.8. The second-order valence-corrected chi connectivity index (χ2v) is 5.68. The highest BCUT2D eigenvalue weighted by molar-refractivity contribution is 6.06. The summed E-state index contributed by atoms with van der Waals surface area (Å²) in [4.78, 5) is 21.2. The SMILES string of the molecule is Nc1ccccc1NC(=O)c1nc2ccccc2nc1[C@@H](O)[C@@H](O)CO. The molecule has 0 unspecified atom stereocenters. The molecule has 0 aliphatic heterocycles. The molecular weight excluding hydrogens is 336 g/mol. The summed E-state index contributed by atoms with van der Waals surface area (Å²) < 4.78 is 0. The topological polar surface area (TPSA) is 142 Å². The maximum absolute atomic E-state index is 12.7. The van der Waals surface area contributed by atoms with Gasteiger partial charge in [-0.3, -0.25) is 4.79 Å². The largest absolute Gasteiger partial charge is 0.397 e. The third-order valence-electron chi connectivity index (χ3n) is 3.85. The molecule has 0 saturated heterocycles. The van der Waals surface area contributed by atoms with E-state index in [4.69, 9.17) is 10.8 Å². The second-order valence-electron chi connectivity index (χ2n) is 5.68. The lowest BCUT2D eigenvalue weighted by atomic mass is 10.1. The van der Waals surface area contributed by atoms with Crippen LogP contribution in [-0.4, -0.2) is 43.9 Å². The van der Waals surface area contributed by atoms with Crippen molar-refractivity contribution in [1.29, 1.82) is 0 Å². The molecule has 0 aliphatic rings. The van der Waals surface area contributed by atoms with Gasteiger partial charge >= 0.3 is 0 Å². The van der Waals surface area contributed by atoms with Crippen molar-refractivity contribution >= 4 is 28.3 Å². The molecule has 0 fully saturated rings. The molecule has 3 rings (SSSR count).